The van der Waals surface area contributed by atoms with E-state index in [2.05, 4.69) is 20.6 Å². The van der Waals surface area contributed by atoms with E-state index < -0.39 is 35.3 Å². The summed E-state index contributed by atoms with van der Waals surface area (Å²) < 4.78 is 18.8. The molecular formula is C39H53N7O6. The molecule has 0 spiro atoms. The lowest BCUT2D eigenvalue weighted by atomic mass is 9.85. The number of ether oxygens (including phenoxy) is 3. The second-order valence-corrected chi connectivity index (χ2v) is 15.9. The van der Waals surface area contributed by atoms with Crippen molar-refractivity contribution in [3.63, 3.8) is 0 Å². The van der Waals surface area contributed by atoms with Crippen molar-refractivity contribution in [1.82, 2.24) is 30.2 Å². The van der Waals surface area contributed by atoms with Crippen molar-refractivity contribution in [1.29, 1.82) is 0 Å². The van der Waals surface area contributed by atoms with Gasteiger partial charge in [0.2, 0.25) is 17.7 Å². The van der Waals surface area contributed by atoms with E-state index in [1.165, 1.54) is 6.92 Å². The Balaban J connectivity index is 1.29. The molecule has 2 N–H and O–H groups in total. The Hall–Kier alpha value is -4.55. The SMILES string of the molecule is CC(=O)[C@@H]1[C@H](C)[C@@H]2CN1C(=O)[C@H](C(C)(C)C)NC(=O)O[C@]1(C)CCC[C@H]1CCCCCc1nc3ccc(OCCNc4ncccn4)cc3nc1O2. The minimum atomic E-state index is -0.917. The number of aryl methyl sites for hydroxylation is 1. The number of hydrogen-bond acceptors (Lipinski definition) is 11. The van der Waals surface area contributed by atoms with Crippen LogP contribution in [-0.4, -0.2) is 86.1 Å². The van der Waals surface area contributed by atoms with Crippen LogP contribution in [0, 0.1) is 17.3 Å². The number of anilines is 1. The van der Waals surface area contributed by atoms with E-state index in [0.29, 0.717) is 42.7 Å². The summed E-state index contributed by atoms with van der Waals surface area (Å²) in [4.78, 5) is 61.0. The molecule has 0 unspecified atom stereocenters. The van der Waals surface area contributed by atoms with Crippen LogP contribution in [0.1, 0.15) is 92.2 Å². The molecule has 280 valence electrons. The quantitative estimate of drug-likeness (QED) is 0.293. The van der Waals surface area contributed by atoms with Crippen LogP contribution in [0.2, 0.25) is 0 Å². The molecule has 2 bridgehead atoms. The van der Waals surface area contributed by atoms with E-state index in [9.17, 15) is 14.4 Å². The Bertz CT molecular complexity index is 1750. The third-order valence-electron chi connectivity index (χ3n) is 10.9. The third kappa shape index (κ3) is 8.39. The summed E-state index contributed by atoms with van der Waals surface area (Å²) in [5.74, 6) is 0.993. The summed E-state index contributed by atoms with van der Waals surface area (Å²) in [6.07, 6.45) is 9.47. The fraction of sp³-hybridized carbons (Fsp3) is 0.615. The van der Waals surface area contributed by atoms with Crippen LogP contribution in [0.25, 0.3) is 11.0 Å². The number of alkyl carbamates (subject to hydrolysis) is 1. The average molecular weight is 716 g/mol. The number of amides is 2. The highest BCUT2D eigenvalue weighted by molar-refractivity contribution is 5.92. The van der Waals surface area contributed by atoms with Crippen molar-refractivity contribution in [2.24, 2.45) is 17.3 Å². The van der Waals surface area contributed by atoms with Crippen LogP contribution in [-0.2, 0) is 20.7 Å². The molecule has 2 aromatic heterocycles. The first kappa shape index (κ1) is 37.2. The average Bonchev–Trinajstić information content (AvgIpc) is 3.62. The number of benzene rings is 1. The number of rotatable bonds is 6. The minimum absolute atomic E-state index is 0.144. The van der Waals surface area contributed by atoms with E-state index in [4.69, 9.17) is 24.2 Å². The molecule has 1 saturated carbocycles. The van der Waals surface area contributed by atoms with Crippen molar-refractivity contribution in [2.75, 3.05) is 25.0 Å². The molecule has 13 nitrogen and oxygen atoms in total. The summed E-state index contributed by atoms with van der Waals surface area (Å²) >= 11 is 0. The molecule has 2 aliphatic heterocycles. The van der Waals surface area contributed by atoms with Crippen LogP contribution in [0.5, 0.6) is 11.6 Å². The zero-order chi connectivity index (χ0) is 37.0. The van der Waals surface area contributed by atoms with Crippen LogP contribution >= 0.6 is 0 Å². The molecule has 3 aliphatic rings. The van der Waals surface area contributed by atoms with Gasteiger partial charge in [0.05, 0.1) is 30.2 Å². The van der Waals surface area contributed by atoms with E-state index >= 15 is 0 Å². The van der Waals surface area contributed by atoms with Gasteiger partial charge in [-0.05, 0) is 81.9 Å². The highest BCUT2D eigenvalue weighted by atomic mass is 16.6. The Morgan fingerprint density at radius 2 is 1.85 bits per heavy atom. The third-order valence-corrected chi connectivity index (χ3v) is 10.9. The standard InChI is InChI=1S/C39H53N7O6/c1-24-31-23-46(32(24)25(2)47)35(48)33(38(3,4)5)45-37(49)52-39(6)17-10-13-26(39)12-8-7-9-14-29-34(51-31)44-30-22-27(15-16-28(30)43-29)50-21-20-42-36-40-18-11-19-41-36/h11,15-16,18-19,22,24,26,31-33H,7-10,12-14,17,20-21,23H2,1-6H3,(H,45,49)(H,40,41,42)/t24-,26-,31+,32+,33-,39-/m1/s1. The maximum Gasteiger partial charge on any atom is 0.408 e. The van der Waals surface area contributed by atoms with Gasteiger partial charge < -0.3 is 29.7 Å². The van der Waals surface area contributed by atoms with Gasteiger partial charge in [0.15, 0.2) is 5.78 Å². The van der Waals surface area contributed by atoms with Crippen molar-refractivity contribution in [3.8, 4) is 11.6 Å². The van der Waals surface area contributed by atoms with Gasteiger partial charge in [-0.1, -0.05) is 40.5 Å². The number of carbonyl (C=O) groups excluding carboxylic acids is 3. The first-order valence-corrected chi connectivity index (χ1v) is 18.7. The topological polar surface area (TPSA) is 158 Å². The van der Waals surface area contributed by atoms with Crippen molar-refractivity contribution in [2.45, 2.75) is 117 Å². The molecule has 4 heterocycles. The lowest BCUT2D eigenvalue weighted by molar-refractivity contribution is -0.141. The lowest BCUT2D eigenvalue weighted by Gasteiger charge is -2.37. The first-order valence-electron chi connectivity index (χ1n) is 18.7. The summed E-state index contributed by atoms with van der Waals surface area (Å²) in [5.41, 5.74) is 0.845. The Morgan fingerprint density at radius 3 is 2.60 bits per heavy atom. The first-order chi connectivity index (χ1) is 24.8. The van der Waals surface area contributed by atoms with Gasteiger partial charge in [0.1, 0.15) is 35.8 Å². The maximum absolute atomic E-state index is 14.4. The van der Waals surface area contributed by atoms with E-state index in [1.54, 1.807) is 23.4 Å². The minimum Gasteiger partial charge on any atom is -0.492 e. The fourth-order valence-electron chi connectivity index (χ4n) is 8.02. The molecule has 52 heavy (non-hydrogen) atoms. The highest BCUT2D eigenvalue weighted by Crippen LogP contribution is 2.42. The van der Waals surface area contributed by atoms with Crippen molar-refractivity contribution in [3.05, 3.63) is 42.4 Å². The van der Waals surface area contributed by atoms with Gasteiger partial charge in [-0.15, -0.1) is 0 Å². The summed E-state index contributed by atoms with van der Waals surface area (Å²) in [7, 11) is 0. The zero-order valence-corrected chi connectivity index (χ0v) is 31.3. The van der Waals surface area contributed by atoms with Crippen LogP contribution < -0.4 is 20.1 Å². The van der Waals surface area contributed by atoms with Gasteiger partial charge in [-0.25, -0.2) is 24.7 Å². The summed E-state index contributed by atoms with van der Waals surface area (Å²) in [5, 5.41) is 6.06. The van der Waals surface area contributed by atoms with E-state index in [-0.39, 0.29) is 30.1 Å². The van der Waals surface area contributed by atoms with Gasteiger partial charge >= 0.3 is 6.09 Å². The number of aromatic nitrogens is 4. The molecule has 1 aliphatic carbocycles. The fourth-order valence-corrected chi connectivity index (χ4v) is 8.02. The summed E-state index contributed by atoms with van der Waals surface area (Å²) in [6.45, 7) is 12.2. The predicted octanol–water partition coefficient (Wildman–Crippen LogP) is 5.91. The molecule has 1 saturated heterocycles. The van der Waals surface area contributed by atoms with Crippen LogP contribution in [0.4, 0.5) is 10.7 Å². The maximum atomic E-state index is 14.4. The monoisotopic (exact) mass is 715 g/mol. The molecule has 6 atom stereocenters. The van der Waals surface area contributed by atoms with Gasteiger partial charge in [0.25, 0.3) is 0 Å². The van der Waals surface area contributed by atoms with Gasteiger partial charge in [-0.3, -0.25) is 9.59 Å². The smallest absolute Gasteiger partial charge is 0.408 e. The Morgan fingerprint density at radius 1 is 1.08 bits per heavy atom. The number of ketones is 1. The molecule has 13 heteroatoms. The van der Waals surface area contributed by atoms with Crippen molar-refractivity contribution >= 4 is 34.8 Å². The number of Topliss-reactive ketones (excluding diaryl/α,β-unsaturated/α-hetero) is 1. The number of hydrogen-bond donors (Lipinski definition) is 2. The molecule has 0 radical (unpaired) electrons. The normalized spacial score (nSPS) is 27.3. The largest absolute Gasteiger partial charge is 0.492 e. The Kier molecular flexibility index (Phi) is 11.2. The highest BCUT2D eigenvalue weighted by Gasteiger charge is 2.50. The predicted molar refractivity (Wildman–Crippen MR) is 196 cm³/mol. The number of carbonyl (C=O) groups is 3. The lowest BCUT2D eigenvalue weighted by Crippen LogP contribution is -2.57. The van der Waals surface area contributed by atoms with Gasteiger partial charge in [0, 0.05) is 24.4 Å². The molecule has 2 amide bonds. The summed E-state index contributed by atoms with van der Waals surface area (Å²) in [6, 6.07) is 5.75. The van der Waals surface area contributed by atoms with Gasteiger partial charge in [-0.2, -0.15) is 0 Å². The molecule has 3 aromatic rings. The van der Waals surface area contributed by atoms with Crippen LogP contribution in [0.15, 0.2) is 36.7 Å². The van der Waals surface area contributed by atoms with E-state index in [1.807, 2.05) is 52.8 Å². The number of nitrogens with one attached hydrogen (secondary N) is 2. The number of nitrogens with zero attached hydrogens (tertiary/aromatic N) is 5. The zero-order valence-electron chi connectivity index (χ0n) is 31.3. The Labute approximate surface area is 306 Å². The van der Waals surface area contributed by atoms with Crippen LogP contribution in [0.3, 0.4) is 0 Å². The van der Waals surface area contributed by atoms with Crippen molar-refractivity contribution < 1.29 is 28.6 Å². The molecular weight excluding hydrogens is 662 g/mol. The second-order valence-electron chi connectivity index (χ2n) is 15.9. The number of fused-ring (bicyclic) bond motifs is 5. The molecule has 1 aromatic carbocycles. The molecule has 2 fully saturated rings. The molecule has 6 rings (SSSR count). The van der Waals surface area contributed by atoms with E-state index in [0.717, 1.165) is 56.2 Å². The second kappa shape index (κ2) is 15.6.